The predicted molar refractivity (Wildman–Crippen MR) is 168 cm³/mol. The first kappa shape index (κ1) is 29.8. The number of hydrogen-bond acceptors (Lipinski definition) is 3. The van der Waals surface area contributed by atoms with E-state index < -0.39 is 0 Å². The van der Waals surface area contributed by atoms with Crippen molar-refractivity contribution in [1.29, 1.82) is 0 Å². The number of benzene rings is 4. The van der Waals surface area contributed by atoms with Crippen molar-refractivity contribution in [3.8, 4) is 22.3 Å². The normalized spacial score (nSPS) is 11.5. The maximum atomic E-state index is 13.2. The lowest BCUT2D eigenvalue weighted by Crippen LogP contribution is -2.43. The summed E-state index contributed by atoms with van der Waals surface area (Å²) >= 11 is 0. The minimum atomic E-state index is -0.373. The molecule has 0 saturated heterocycles. The van der Waals surface area contributed by atoms with Crippen LogP contribution < -0.4 is 5.32 Å². The van der Waals surface area contributed by atoms with Crippen LogP contribution in [0.5, 0.6) is 0 Å². The number of ether oxygens (including phenoxy) is 1. The van der Waals surface area contributed by atoms with Gasteiger partial charge >= 0.3 is 5.97 Å². The Kier molecular flexibility index (Phi) is 10.1. The summed E-state index contributed by atoms with van der Waals surface area (Å²) in [7, 11) is 0. The summed E-state index contributed by atoms with van der Waals surface area (Å²) in [6.07, 6.45) is 1.66. The summed E-state index contributed by atoms with van der Waals surface area (Å²) in [6, 6.07) is 35.4. The first-order chi connectivity index (χ1) is 19.7. The third-order valence-corrected chi connectivity index (χ3v) is 7.30. The van der Waals surface area contributed by atoms with Crippen LogP contribution in [-0.2, 0) is 4.74 Å². The van der Waals surface area contributed by atoms with E-state index in [1.807, 2.05) is 97.1 Å². The van der Waals surface area contributed by atoms with Crippen LogP contribution in [0.25, 0.3) is 22.3 Å². The van der Waals surface area contributed by atoms with Gasteiger partial charge in [-0.25, -0.2) is 4.79 Å². The van der Waals surface area contributed by atoms with Crippen LogP contribution in [-0.4, -0.2) is 25.0 Å². The van der Waals surface area contributed by atoms with E-state index in [-0.39, 0.29) is 23.9 Å². The average molecular weight is 548 g/mol. The van der Waals surface area contributed by atoms with Crippen LogP contribution in [0.4, 0.5) is 0 Å². The fourth-order valence-corrected chi connectivity index (χ4v) is 5.67. The Hall–Kier alpha value is -4.18. The van der Waals surface area contributed by atoms with E-state index in [9.17, 15) is 9.59 Å². The Labute approximate surface area is 244 Å². The third-order valence-electron chi connectivity index (χ3n) is 7.30. The molecule has 0 heterocycles. The van der Waals surface area contributed by atoms with E-state index in [0.717, 1.165) is 35.1 Å². The van der Waals surface area contributed by atoms with Crippen molar-refractivity contribution in [3.05, 3.63) is 120 Å². The SMILES string of the molecule is CC(C)CC(CNC(=O)c1ccc(-c2ccccc2)cc1)(COC(=O)c1ccc(-c2ccccc2)cc1)CC(C)C. The van der Waals surface area contributed by atoms with E-state index in [1.54, 1.807) is 0 Å². The molecule has 0 unspecified atom stereocenters. The second-order valence-corrected chi connectivity index (χ2v) is 11.8. The number of nitrogens with one attached hydrogen (secondary N) is 1. The van der Waals surface area contributed by atoms with Gasteiger partial charge in [0.1, 0.15) is 0 Å². The van der Waals surface area contributed by atoms with Crippen molar-refractivity contribution >= 4 is 11.9 Å². The van der Waals surface area contributed by atoms with Crippen LogP contribution in [0, 0.1) is 17.3 Å². The van der Waals surface area contributed by atoms with Crippen molar-refractivity contribution in [2.24, 2.45) is 17.3 Å². The van der Waals surface area contributed by atoms with Crippen molar-refractivity contribution in [1.82, 2.24) is 5.32 Å². The highest BCUT2D eigenvalue weighted by molar-refractivity contribution is 5.94. The topological polar surface area (TPSA) is 55.4 Å². The second kappa shape index (κ2) is 13.9. The summed E-state index contributed by atoms with van der Waals surface area (Å²) in [4.78, 5) is 26.3. The Morgan fingerprint density at radius 3 is 1.46 bits per heavy atom. The Morgan fingerprint density at radius 1 is 0.610 bits per heavy atom. The zero-order valence-corrected chi connectivity index (χ0v) is 24.6. The quantitative estimate of drug-likeness (QED) is 0.181. The average Bonchev–Trinajstić information content (AvgIpc) is 2.99. The number of esters is 1. The molecule has 0 radical (unpaired) electrons. The van der Waals surface area contributed by atoms with Crippen LogP contribution in [0.2, 0.25) is 0 Å². The molecular formula is C37H41NO3. The fourth-order valence-electron chi connectivity index (χ4n) is 5.67. The molecule has 41 heavy (non-hydrogen) atoms. The maximum absolute atomic E-state index is 13.2. The summed E-state index contributed by atoms with van der Waals surface area (Å²) in [5.74, 6) is 0.285. The first-order valence-corrected chi connectivity index (χ1v) is 14.5. The van der Waals surface area contributed by atoms with E-state index in [0.29, 0.717) is 29.5 Å². The molecule has 0 aliphatic carbocycles. The summed E-state index contributed by atoms with van der Waals surface area (Å²) in [6.45, 7) is 9.36. The molecule has 1 amide bonds. The Morgan fingerprint density at radius 2 is 1.02 bits per heavy atom. The number of amides is 1. The maximum Gasteiger partial charge on any atom is 0.338 e. The van der Waals surface area contributed by atoms with Crippen LogP contribution in [0.1, 0.15) is 61.3 Å². The minimum Gasteiger partial charge on any atom is -0.461 e. The van der Waals surface area contributed by atoms with Gasteiger partial charge in [0.15, 0.2) is 0 Å². The van der Waals surface area contributed by atoms with Crippen LogP contribution in [0.3, 0.4) is 0 Å². The van der Waals surface area contributed by atoms with E-state index in [2.05, 4.69) is 45.1 Å². The molecule has 1 N–H and O–H groups in total. The van der Waals surface area contributed by atoms with Gasteiger partial charge in [0.2, 0.25) is 0 Å². The van der Waals surface area contributed by atoms with Crippen LogP contribution in [0.15, 0.2) is 109 Å². The lowest BCUT2D eigenvalue weighted by molar-refractivity contribution is 0.0162. The molecule has 4 nitrogen and oxygen atoms in total. The van der Waals surface area contributed by atoms with Gasteiger partial charge in [0, 0.05) is 17.5 Å². The molecule has 0 saturated carbocycles. The molecule has 0 aromatic heterocycles. The molecule has 0 aliphatic heterocycles. The highest BCUT2D eigenvalue weighted by Gasteiger charge is 2.34. The smallest absolute Gasteiger partial charge is 0.338 e. The highest BCUT2D eigenvalue weighted by atomic mass is 16.5. The first-order valence-electron chi connectivity index (χ1n) is 14.5. The fraction of sp³-hybridized carbons (Fsp3) is 0.297. The molecule has 4 aromatic rings. The van der Waals surface area contributed by atoms with Crippen molar-refractivity contribution in [3.63, 3.8) is 0 Å². The molecule has 4 rings (SSSR count). The molecule has 4 heteroatoms. The lowest BCUT2D eigenvalue weighted by atomic mass is 9.74. The summed E-state index contributed by atoms with van der Waals surface area (Å²) in [5, 5.41) is 3.17. The van der Waals surface area contributed by atoms with Gasteiger partial charge in [-0.15, -0.1) is 0 Å². The molecule has 0 aliphatic rings. The minimum absolute atomic E-state index is 0.121. The van der Waals surface area contributed by atoms with E-state index >= 15 is 0 Å². The zero-order chi connectivity index (χ0) is 29.2. The number of hydrogen-bond donors (Lipinski definition) is 1. The lowest BCUT2D eigenvalue weighted by Gasteiger charge is -2.36. The van der Waals surface area contributed by atoms with Gasteiger partial charge in [-0.05, 0) is 71.2 Å². The monoisotopic (exact) mass is 547 g/mol. The van der Waals surface area contributed by atoms with Gasteiger partial charge in [0.05, 0.1) is 12.2 Å². The van der Waals surface area contributed by atoms with Gasteiger partial charge < -0.3 is 10.1 Å². The molecule has 4 aromatic carbocycles. The van der Waals surface area contributed by atoms with Gasteiger partial charge in [-0.1, -0.05) is 113 Å². The molecule has 0 fully saturated rings. The van der Waals surface area contributed by atoms with E-state index in [1.165, 1.54) is 0 Å². The number of carbonyl (C=O) groups is 2. The standard InChI is InChI=1S/C37H41NO3/c1-27(2)23-37(24-28(3)4,25-38-35(39)33-19-15-31(16-20-33)29-11-7-5-8-12-29)26-41-36(40)34-21-17-32(18-22-34)30-13-9-6-10-14-30/h5-22,27-28H,23-26H2,1-4H3,(H,38,39). The summed E-state index contributed by atoms with van der Waals surface area (Å²) < 4.78 is 5.95. The third kappa shape index (κ3) is 8.40. The van der Waals surface area contributed by atoms with Crippen molar-refractivity contribution in [2.75, 3.05) is 13.2 Å². The number of rotatable bonds is 12. The molecule has 212 valence electrons. The zero-order valence-electron chi connectivity index (χ0n) is 24.6. The molecule has 0 spiro atoms. The number of carbonyl (C=O) groups excluding carboxylic acids is 2. The van der Waals surface area contributed by atoms with E-state index in [4.69, 9.17) is 4.74 Å². The van der Waals surface area contributed by atoms with Crippen molar-refractivity contribution in [2.45, 2.75) is 40.5 Å². The predicted octanol–water partition coefficient (Wildman–Crippen LogP) is 8.69. The highest BCUT2D eigenvalue weighted by Crippen LogP contribution is 2.34. The van der Waals surface area contributed by atoms with Crippen molar-refractivity contribution < 1.29 is 14.3 Å². The largest absolute Gasteiger partial charge is 0.461 e. The Bertz CT molecular complexity index is 1280. The van der Waals surface area contributed by atoms with Gasteiger partial charge in [0.25, 0.3) is 5.91 Å². The molecule has 0 atom stereocenters. The molecule has 0 bridgehead atoms. The van der Waals surface area contributed by atoms with Gasteiger partial charge in [-0.2, -0.15) is 0 Å². The Balaban J connectivity index is 1.44. The van der Waals surface area contributed by atoms with Gasteiger partial charge in [-0.3, -0.25) is 4.79 Å². The second-order valence-electron chi connectivity index (χ2n) is 11.8. The summed E-state index contributed by atoms with van der Waals surface area (Å²) in [5.41, 5.74) is 5.10. The molecular weight excluding hydrogens is 506 g/mol. The van der Waals surface area contributed by atoms with Crippen LogP contribution >= 0.6 is 0 Å².